The molecule has 0 aliphatic carbocycles. The maximum atomic E-state index is 5.62. The summed E-state index contributed by atoms with van der Waals surface area (Å²) in [5, 5.41) is 1.48. The van der Waals surface area contributed by atoms with Gasteiger partial charge in [0.25, 0.3) is 0 Å². The Kier molecular flexibility index (Phi) is 6.70. The summed E-state index contributed by atoms with van der Waals surface area (Å²) in [6, 6.07) is 9.35. The minimum atomic E-state index is -1.55. The van der Waals surface area contributed by atoms with Crippen LogP contribution in [0.15, 0.2) is 24.3 Å². The van der Waals surface area contributed by atoms with Crippen LogP contribution in [0.5, 0.6) is 0 Å². The van der Waals surface area contributed by atoms with Gasteiger partial charge in [-0.2, -0.15) is 9.34 Å². The first-order valence-electron chi connectivity index (χ1n) is 9.58. The van der Waals surface area contributed by atoms with Crippen LogP contribution >= 0.6 is 7.56 Å². The van der Waals surface area contributed by atoms with Crippen LogP contribution in [0.25, 0.3) is 0 Å². The third-order valence-corrected chi connectivity index (χ3v) is 9.82. The van der Waals surface area contributed by atoms with Gasteiger partial charge in [-0.3, -0.25) is 0 Å². The van der Waals surface area contributed by atoms with E-state index in [9.17, 15) is 0 Å². The van der Waals surface area contributed by atoms with Crippen molar-refractivity contribution in [2.45, 2.75) is 13.8 Å². The molecule has 0 radical (unpaired) electrons. The van der Waals surface area contributed by atoms with Crippen molar-refractivity contribution in [2.75, 3.05) is 77.3 Å². The van der Waals surface area contributed by atoms with Crippen LogP contribution < -0.4 is 10.2 Å². The highest BCUT2D eigenvalue weighted by Crippen LogP contribution is 2.60. The van der Waals surface area contributed by atoms with E-state index in [1.807, 2.05) is 0 Å². The number of nitrogens with zero attached hydrogens (tertiary/aromatic N) is 3. The molecule has 0 atom stereocenters. The summed E-state index contributed by atoms with van der Waals surface area (Å²) in [6.07, 6.45) is 0. The number of rotatable bonds is 6. The van der Waals surface area contributed by atoms with Gasteiger partial charge < -0.3 is 14.4 Å². The maximum Gasteiger partial charge on any atom is 0.183 e. The lowest BCUT2D eigenvalue weighted by molar-refractivity contribution is 0.0570. The van der Waals surface area contributed by atoms with Crippen LogP contribution in [0, 0.1) is 0 Å². The fraction of sp³-hybridized carbons (Fsp3) is 0.684. The van der Waals surface area contributed by atoms with Crippen LogP contribution in [-0.2, 0) is 9.47 Å². The first kappa shape index (κ1) is 19.1. The van der Waals surface area contributed by atoms with E-state index < -0.39 is 7.56 Å². The summed E-state index contributed by atoms with van der Waals surface area (Å²) in [7, 11) is -1.55. The van der Waals surface area contributed by atoms with Gasteiger partial charge >= 0.3 is 0 Å². The molecule has 2 saturated heterocycles. The van der Waals surface area contributed by atoms with Gasteiger partial charge in [0, 0.05) is 18.8 Å². The van der Waals surface area contributed by atoms with Crippen LogP contribution in [0.1, 0.15) is 13.8 Å². The minimum absolute atomic E-state index is 0.845. The number of benzene rings is 1. The van der Waals surface area contributed by atoms with Crippen molar-refractivity contribution in [3.8, 4) is 0 Å². The van der Waals surface area contributed by atoms with Crippen molar-refractivity contribution >= 4 is 18.6 Å². The van der Waals surface area contributed by atoms with E-state index in [1.54, 1.807) is 0 Å². The lowest BCUT2D eigenvalue weighted by atomic mass is 10.3. The molecule has 2 fully saturated rings. The second-order valence-corrected chi connectivity index (χ2v) is 10.2. The van der Waals surface area contributed by atoms with Crippen LogP contribution in [0.4, 0.5) is 5.69 Å². The number of hydrogen-bond acceptors (Lipinski definition) is 5. The fourth-order valence-corrected chi connectivity index (χ4v) is 7.54. The van der Waals surface area contributed by atoms with Gasteiger partial charge in [0.2, 0.25) is 0 Å². The molecule has 5 nitrogen and oxygen atoms in total. The Morgan fingerprint density at radius 3 is 1.68 bits per heavy atom. The zero-order valence-corrected chi connectivity index (χ0v) is 16.9. The van der Waals surface area contributed by atoms with Crippen molar-refractivity contribution in [2.24, 2.45) is 0 Å². The molecule has 2 heterocycles. The first-order valence-corrected chi connectivity index (χ1v) is 11.7. The molecule has 1 aromatic rings. The Balaban J connectivity index is 1.90. The van der Waals surface area contributed by atoms with Crippen molar-refractivity contribution in [3.05, 3.63) is 24.3 Å². The molecule has 1 aromatic carbocycles. The van der Waals surface area contributed by atoms with Crippen LogP contribution in [-0.4, -0.2) is 81.7 Å². The molecule has 25 heavy (non-hydrogen) atoms. The predicted molar refractivity (Wildman–Crippen MR) is 107 cm³/mol. The Labute approximate surface area is 153 Å². The highest BCUT2D eigenvalue weighted by Gasteiger charge is 2.49. The third-order valence-electron chi connectivity index (χ3n) is 5.54. The smallest absolute Gasteiger partial charge is 0.183 e. The summed E-state index contributed by atoms with van der Waals surface area (Å²) in [5.74, 6) is 0. The summed E-state index contributed by atoms with van der Waals surface area (Å²) in [5.41, 5.74) is 1.32. The Bertz CT molecular complexity index is 506. The van der Waals surface area contributed by atoms with E-state index in [0.717, 1.165) is 65.7 Å². The molecule has 2 aliphatic heterocycles. The van der Waals surface area contributed by atoms with Gasteiger partial charge in [-0.15, -0.1) is 0 Å². The van der Waals surface area contributed by atoms with Crippen molar-refractivity contribution in [1.82, 2.24) is 9.34 Å². The molecule has 3 rings (SSSR count). The zero-order chi connectivity index (χ0) is 17.7. The molecule has 0 aromatic heterocycles. The SMILES string of the molecule is CCN(CC)c1ccc([P+](C)(N2CCOCC2)N2CCOCC2)cc1. The average molecular weight is 366 g/mol. The van der Waals surface area contributed by atoms with E-state index in [2.05, 4.69) is 59.0 Å². The quantitative estimate of drug-likeness (QED) is 0.721. The topological polar surface area (TPSA) is 28.2 Å². The first-order chi connectivity index (χ1) is 12.2. The molecule has 0 amide bonds. The van der Waals surface area contributed by atoms with E-state index in [4.69, 9.17) is 9.47 Å². The summed E-state index contributed by atoms with van der Waals surface area (Å²) >= 11 is 0. The lowest BCUT2D eigenvalue weighted by Crippen LogP contribution is -2.49. The van der Waals surface area contributed by atoms with E-state index in [0.29, 0.717) is 0 Å². The molecular formula is C19H33N3O2P+. The van der Waals surface area contributed by atoms with E-state index in [1.165, 1.54) is 11.0 Å². The van der Waals surface area contributed by atoms with E-state index in [-0.39, 0.29) is 0 Å². The second kappa shape index (κ2) is 8.79. The molecule has 0 unspecified atom stereocenters. The number of hydrogen-bond donors (Lipinski definition) is 0. The highest BCUT2D eigenvalue weighted by atomic mass is 31.2. The van der Waals surface area contributed by atoms with Gasteiger partial charge in [0.15, 0.2) is 7.56 Å². The number of ether oxygens (including phenoxy) is 2. The summed E-state index contributed by atoms with van der Waals surface area (Å²) in [4.78, 5) is 2.41. The molecule has 0 N–H and O–H groups in total. The molecule has 0 spiro atoms. The molecule has 6 heteroatoms. The summed E-state index contributed by atoms with van der Waals surface area (Å²) in [6.45, 7) is 16.5. The monoisotopic (exact) mass is 366 g/mol. The maximum absolute atomic E-state index is 5.62. The zero-order valence-electron chi connectivity index (χ0n) is 16.0. The third kappa shape index (κ3) is 4.01. The fourth-order valence-electron chi connectivity index (χ4n) is 3.93. The largest absolute Gasteiger partial charge is 0.378 e. The van der Waals surface area contributed by atoms with Gasteiger partial charge in [-0.25, -0.2) is 0 Å². The molecule has 140 valence electrons. The highest BCUT2D eigenvalue weighted by molar-refractivity contribution is 7.78. The van der Waals surface area contributed by atoms with Crippen molar-refractivity contribution in [1.29, 1.82) is 0 Å². The van der Waals surface area contributed by atoms with E-state index >= 15 is 0 Å². The van der Waals surface area contributed by atoms with Crippen molar-refractivity contribution in [3.63, 3.8) is 0 Å². The lowest BCUT2D eigenvalue weighted by Gasteiger charge is -2.43. The standard InChI is InChI=1S/C19H33N3O2P/c1-4-20(5-2)18-6-8-19(9-7-18)25(3,21-10-14-23-15-11-21)22-12-16-24-17-13-22/h6-9H,4-5,10-17H2,1-3H3/q+1. The normalized spacial score (nSPS) is 20.6. The van der Waals surface area contributed by atoms with Gasteiger partial charge in [-0.1, -0.05) is 0 Å². The Hall–Kier alpha value is -0.710. The molecule has 2 aliphatic rings. The van der Waals surface area contributed by atoms with Gasteiger partial charge in [-0.05, 0) is 38.1 Å². The number of morpholine rings is 2. The molecule has 0 bridgehead atoms. The van der Waals surface area contributed by atoms with Crippen LogP contribution in [0.2, 0.25) is 0 Å². The van der Waals surface area contributed by atoms with Gasteiger partial charge in [0.05, 0.1) is 59.3 Å². The average Bonchev–Trinajstić information content (AvgIpc) is 2.70. The second-order valence-electron chi connectivity index (χ2n) is 6.73. The summed E-state index contributed by atoms with van der Waals surface area (Å²) < 4.78 is 16.6. The van der Waals surface area contributed by atoms with Crippen LogP contribution in [0.3, 0.4) is 0 Å². The predicted octanol–water partition coefficient (Wildman–Crippen LogP) is 2.30. The Morgan fingerprint density at radius 1 is 0.840 bits per heavy atom. The molecule has 0 saturated carbocycles. The van der Waals surface area contributed by atoms with Crippen molar-refractivity contribution < 1.29 is 9.47 Å². The minimum Gasteiger partial charge on any atom is -0.378 e. The number of anilines is 1. The van der Waals surface area contributed by atoms with Gasteiger partial charge in [0.1, 0.15) is 5.30 Å². The molecular weight excluding hydrogens is 333 g/mol. The Morgan fingerprint density at radius 2 is 1.28 bits per heavy atom.